The smallest absolute Gasteiger partial charge is 0.195 e. The van der Waals surface area contributed by atoms with Crippen LogP contribution in [0.1, 0.15) is 29.5 Å². The maximum absolute atomic E-state index is 12.9. The van der Waals surface area contributed by atoms with Crippen LogP contribution in [0.4, 0.5) is 13.2 Å². The molecule has 1 radical (unpaired) electrons. The van der Waals surface area contributed by atoms with Crippen LogP contribution < -0.4 is 4.72 Å². The van der Waals surface area contributed by atoms with Gasteiger partial charge in [-0.1, -0.05) is 25.1 Å². The highest BCUT2D eigenvalue weighted by atomic mass is 32.2. The van der Waals surface area contributed by atoms with Crippen molar-refractivity contribution in [2.45, 2.75) is 50.5 Å². The Hall–Kier alpha value is -1.34. The molecule has 4 rings (SSSR count). The molecule has 1 aromatic carbocycles. The molecule has 1 aromatic rings. The molecule has 157 valence electrons. The number of hydrogen-bond donors (Lipinski definition) is 1. The van der Waals surface area contributed by atoms with Crippen molar-refractivity contribution >= 4 is 19.0 Å². The van der Waals surface area contributed by atoms with E-state index in [1.807, 2.05) is 6.07 Å². The summed E-state index contributed by atoms with van der Waals surface area (Å²) >= 11 is 0. The van der Waals surface area contributed by atoms with Gasteiger partial charge in [0.1, 0.15) is 15.3 Å². The van der Waals surface area contributed by atoms with E-state index in [2.05, 4.69) is 41.4 Å². The molecular formula is C20H24F3N2O2SSi. The molecular weight excluding hydrogens is 417 g/mol. The molecule has 1 heterocycles. The Balaban J connectivity index is 1.65. The van der Waals surface area contributed by atoms with Gasteiger partial charge in [0.05, 0.1) is 5.54 Å². The van der Waals surface area contributed by atoms with Crippen molar-refractivity contribution in [3.63, 3.8) is 0 Å². The van der Waals surface area contributed by atoms with Crippen LogP contribution in [-0.4, -0.2) is 46.3 Å². The van der Waals surface area contributed by atoms with E-state index in [1.54, 1.807) is 0 Å². The van der Waals surface area contributed by atoms with Crippen molar-refractivity contribution in [1.82, 2.24) is 9.03 Å². The highest BCUT2D eigenvalue weighted by Gasteiger charge is 2.60. The Morgan fingerprint density at radius 3 is 2.48 bits per heavy atom. The summed E-state index contributed by atoms with van der Waals surface area (Å²) in [7, 11) is -4.79. The SMILES string of the molecule is C[Si](C)C#Cc1ccc2c(c1)C[C@@H]1CC[C@H](C2)[C@]12CN(CC(F)(F)F)S(=O)(=O)N2. The second-order valence-electron chi connectivity index (χ2n) is 8.64. The average molecular weight is 442 g/mol. The Bertz CT molecular complexity index is 984. The zero-order valence-corrected chi connectivity index (χ0v) is 18.3. The number of nitrogens with zero attached hydrogens (tertiary/aromatic N) is 1. The Morgan fingerprint density at radius 1 is 1.21 bits per heavy atom. The Morgan fingerprint density at radius 2 is 1.86 bits per heavy atom. The molecule has 4 nitrogen and oxygen atoms in total. The molecule has 9 heteroatoms. The van der Waals surface area contributed by atoms with Crippen LogP contribution in [0, 0.1) is 23.3 Å². The first-order valence-corrected chi connectivity index (χ1v) is 13.7. The van der Waals surface area contributed by atoms with Crippen molar-refractivity contribution in [2.75, 3.05) is 13.1 Å². The van der Waals surface area contributed by atoms with Gasteiger partial charge in [0.2, 0.25) is 0 Å². The molecule has 1 spiro atoms. The van der Waals surface area contributed by atoms with E-state index in [0.717, 1.165) is 29.5 Å². The third-order valence-corrected chi connectivity index (χ3v) is 8.57. The van der Waals surface area contributed by atoms with Gasteiger partial charge in [0, 0.05) is 12.1 Å². The van der Waals surface area contributed by atoms with Gasteiger partial charge in [-0.3, -0.25) is 0 Å². The van der Waals surface area contributed by atoms with Crippen LogP contribution in [0.15, 0.2) is 18.2 Å². The second kappa shape index (κ2) is 7.12. The Kier molecular flexibility index (Phi) is 5.13. The summed E-state index contributed by atoms with van der Waals surface area (Å²) in [6.07, 6.45) is -1.57. The quantitative estimate of drug-likeness (QED) is 0.538. The zero-order chi connectivity index (χ0) is 21.0. The van der Waals surface area contributed by atoms with E-state index >= 15 is 0 Å². The van der Waals surface area contributed by atoms with Gasteiger partial charge >= 0.3 is 6.18 Å². The fourth-order valence-electron chi connectivity index (χ4n) is 5.12. The predicted octanol–water partition coefficient (Wildman–Crippen LogP) is 2.91. The van der Waals surface area contributed by atoms with Crippen molar-refractivity contribution in [3.8, 4) is 11.5 Å². The molecule has 3 aliphatic rings. The lowest BCUT2D eigenvalue weighted by Gasteiger charge is -2.33. The first-order valence-electron chi connectivity index (χ1n) is 9.78. The number of alkyl halides is 3. The number of nitrogens with one attached hydrogen (secondary N) is 1. The van der Waals surface area contributed by atoms with Crippen molar-refractivity contribution in [3.05, 3.63) is 34.9 Å². The van der Waals surface area contributed by atoms with Gasteiger partial charge < -0.3 is 0 Å². The topological polar surface area (TPSA) is 49.4 Å². The maximum atomic E-state index is 12.9. The summed E-state index contributed by atoms with van der Waals surface area (Å²) in [6, 6.07) is 6.14. The van der Waals surface area contributed by atoms with E-state index in [1.165, 1.54) is 0 Å². The number of halogens is 3. The number of benzene rings is 1. The lowest BCUT2D eigenvalue weighted by Crippen LogP contribution is -2.52. The molecule has 0 amide bonds. The van der Waals surface area contributed by atoms with Crippen LogP contribution in [0.5, 0.6) is 0 Å². The highest BCUT2D eigenvalue weighted by Crippen LogP contribution is 2.50. The average Bonchev–Trinajstić information content (AvgIpc) is 2.97. The second-order valence-corrected chi connectivity index (χ2v) is 12.6. The summed E-state index contributed by atoms with van der Waals surface area (Å²) in [4.78, 5) is 0. The lowest BCUT2D eigenvalue weighted by atomic mass is 9.79. The first-order chi connectivity index (χ1) is 13.5. The molecule has 1 aliphatic heterocycles. The predicted molar refractivity (Wildman–Crippen MR) is 107 cm³/mol. The molecule has 3 atom stereocenters. The minimum atomic E-state index is -4.56. The third-order valence-electron chi connectivity index (χ3n) is 6.37. The molecule has 0 unspecified atom stereocenters. The van der Waals surface area contributed by atoms with Crippen molar-refractivity contribution in [1.29, 1.82) is 0 Å². The largest absolute Gasteiger partial charge is 0.402 e. The lowest BCUT2D eigenvalue weighted by molar-refractivity contribution is -0.136. The summed E-state index contributed by atoms with van der Waals surface area (Å²) < 4.78 is 67.1. The van der Waals surface area contributed by atoms with E-state index in [-0.39, 0.29) is 18.4 Å². The first kappa shape index (κ1) is 20.9. The van der Waals surface area contributed by atoms with Gasteiger partial charge in [-0.05, 0) is 60.8 Å². The van der Waals surface area contributed by atoms with Crippen molar-refractivity contribution < 1.29 is 21.6 Å². The van der Waals surface area contributed by atoms with Crippen molar-refractivity contribution in [2.24, 2.45) is 11.8 Å². The maximum Gasteiger partial charge on any atom is 0.402 e. The minimum absolute atomic E-state index is 0.000195. The van der Waals surface area contributed by atoms with Gasteiger partial charge in [0.25, 0.3) is 10.2 Å². The van der Waals surface area contributed by atoms with Crippen LogP contribution in [0.25, 0.3) is 0 Å². The van der Waals surface area contributed by atoms with E-state index in [9.17, 15) is 21.6 Å². The summed E-state index contributed by atoms with van der Waals surface area (Å²) in [5.74, 6) is 3.20. The normalized spacial score (nSPS) is 30.8. The number of rotatable bonds is 1. The standard InChI is InChI=1S/C20H24F3N2O2SSi/c1-29(2)8-7-14-3-4-15-10-17-5-6-18(11-16(15)9-14)19(17)12-25(13-20(21,22)23)28(26,27)24-19/h3-4,9,17-18,24H,5-6,10-13H2,1-2H3/t17-,18+,19-/m1/s1. The van der Waals surface area contributed by atoms with E-state index in [4.69, 9.17) is 0 Å². The molecule has 1 saturated carbocycles. The van der Waals surface area contributed by atoms with E-state index in [0.29, 0.717) is 17.1 Å². The van der Waals surface area contributed by atoms with Gasteiger partial charge in [0.15, 0.2) is 0 Å². The van der Waals surface area contributed by atoms with Crippen LogP contribution in [-0.2, 0) is 23.1 Å². The van der Waals surface area contributed by atoms with E-state index < -0.39 is 37.3 Å². The van der Waals surface area contributed by atoms with Crippen LogP contribution in [0.2, 0.25) is 13.1 Å². The highest BCUT2D eigenvalue weighted by molar-refractivity contribution is 7.87. The van der Waals surface area contributed by atoms with Crippen LogP contribution >= 0.6 is 0 Å². The zero-order valence-electron chi connectivity index (χ0n) is 16.4. The summed E-state index contributed by atoms with van der Waals surface area (Å²) in [5.41, 5.74) is 5.69. The fraction of sp³-hybridized carbons (Fsp3) is 0.600. The third kappa shape index (κ3) is 4.00. The molecule has 1 N–H and O–H groups in total. The summed E-state index contributed by atoms with van der Waals surface area (Å²) in [5, 5.41) is 0. The molecule has 2 bridgehead atoms. The van der Waals surface area contributed by atoms with Gasteiger partial charge in [-0.25, -0.2) is 0 Å². The molecule has 0 aromatic heterocycles. The number of fused-ring (bicyclic) bond motifs is 1. The Labute approximate surface area is 171 Å². The molecule has 29 heavy (non-hydrogen) atoms. The molecule has 2 fully saturated rings. The number of hydrogen-bond acceptors (Lipinski definition) is 2. The van der Waals surface area contributed by atoms with Crippen LogP contribution in [0.3, 0.4) is 0 Å². The molecule has 2 aliphatic carbocycles. The fourth-order valence-corrected chi connectivity index (χ4v) is 7.22. The van der Waals surface area contributed by atoms with Gasteiger partial charge in [-0.15, -0.1) is 5.54 Å². The minimum Gasteiger partial charge on any atom is -0.195 e. The summed E-state index contributed by atoms with van der Waals surface area (Å²) in [6.45, 7) is 2.71. The monoisotopic (exact) mass is 441 g/mol. The van der Waals surface area contributed by atoms with Gasteiger partial charge in [-0.2, -0.15) is 30.6 Å². The molecule has 1 saturated heterocycles.